The standard InChI is InChI=1S/C16H17ClN2/c1-11(18)12-6-7-15-13(10-12)8-9-19(15)16-5-3-2-4-14(16)17/h2-7,10-11H,8-9,18H2,1H3/t11-/m1/s1. The molecule has 0 fully saturated rings. The Morgan fingerprint density at radius 2 is 1.95 bits per heavy atom. The van der Waals surface area contributed by atoms with Gasteiger partial charge in [0.15, 0.2) is 0 Å². The highest BCUT2D eigenvalue weighted by molar-refractivity contribution is 6.33. The summed E-state index contributed by atoms with van der Waals surface area (Å²) in [4.78, 5) is 2.28. The molecule has 0 saturated carbocycles. The molecule has 0 aliphatic carbocycles. The van der Waals surface area contributed by atoms with Gasteiger partial charge in [-0.05, 0) is 42.7 Å². The smallest absolute Gasteiger partial charge is 0.0643 e. The number of hydrogen-bond acceptors (Lipinski definition) is 2. The van der Waals surface area contributed by atoms with Crippen LogP contribution in [-0.2, 0) is 6.42 Å². The third-order valence-corrected chi connectivity index (χ3v) is 3.99. The minimum absolute atomic E-state index is 0.0830. The van der Waals surface area contributed by atoms with Gasteiger partial charge in [-0.1, -0.05) is 35.9 Å². The van der Waals surface area contributed by atoms with Crippen molar-refractivity contribution in [1.82, 2.24) is 0 Å². The molecule has 0 amide bonds. The Bertz CT molecular complexity index is 607. The van der Waals surface area contributed by atoms with Gasteiger partial charge in [0.2, 0.25) is 0 Å². The van der Waals surface area contributed by atoms with Crippen molar-refractivity contribution in [2.24, 2.45) is 5.73 Å². The number of fused-ring (bicyclic) bond motifs is 1. The molecular weight excluding hydrogens is 256 g/mol. The molecule has 0 bridgehead atoms. The molecule has 2 nitrogen and oxygen atoms in total. The van der Waals surface area contributed by atoms with Gasteiger partial charge in [0, 0.05) is 18.3 Å². The van der Waals surface area contributed by atoms with E-state index in [1.54, 1.807) is 0 Å². The van der Waals surface area contributed by atoms with Crippen molar-refractivity contribution in [3.8, 4) is 0 Å². The summed E-state index contributed by atoms with van der Waals surface area (Å²) in [6, 6.07) is 14.6. The number of para-hydroxylation sites is 1. The van der Waals surface area contributed by atoms with Gasteiger partial charge in [-0.15, -0.1) is 0 Å². The zero-order valence-corrected chi connectivity index (χ0v) is 11.7. The van der Waals surface area contributed by atoms with Gasteiger partial charge in [-0.3, -0.25) is 0 Å². The van der Waals surface area contributed by atoms with Gasteiger partial charge in [0.25, 0.3) is 0 Å². The largest absolute Gasteiger partial charge is 0.340 e. The minimum atomic E-state index is 0.0830. The van der Waals surface area contributed by atoms with Crippen molar-refractivity contribution >= 4 is 23.0 Å². The van der Waals surface area contributed by atoms with E-state index in [0.29, 0.717) is 0 Å². The molecule has 0 spiro atoms. The Morgan fingerprint density at radius 3 is 2.68 bits per heavy atom. The molecule has 0 radical (unpaired) electrons. The monoisotopic (exact) mass is 272 g/mol. The van der Waals surface area contributed by atoms with Crippen LogP contribution in [0.3, 0.4) is 0 Å². The topological polar surface area (TPSA) is 29.3 Å². The van der Waals surface area contributed by atoms with E-state index < -0.39 is 0 Å². The summed E-state index contributed by atoms with van der Waals surface area (Å²) in [5.41, 5.74) is 10.8. The van der Waals surface area contributed by atoms with Gasteiger partial charge < -0.3 is 10.6 Å². The Labute approximate surface area is 118 Å². The molecule has 0 unspecified atom stereocenters. The highest BCUT2D eigenvalue weighted by Crippen LogP contribution is 2.38. The highest BCUT2D eigenvalue weighted by atomic mass is 35.5. The first-order chi connectivity index (χ1) is 9.16. The maximum Gasteiger partial charge on any atom is 0.0643 e. The molecule has 3 rings (SSSR count). The maximum atomic E-state index is 6.29. The van der Waals surface area contributed by atoms with Crippen LogP contribution in [-0.4, -0.2) is 6.54 Å². The highest BCUT2D eigenvalue weighted by Gasteiger charge is 2.22. The van der Waals surface area contributed by atoms with Crippen molar-refractivity contribution in [1.29, 1.82) is 0 Å². The van der Waals surface area contributed by atoms with E-state index in [2.05, 4.69) is 29.2 Å². The lowest BCUT2D eigenvalue weighted by atomic mass is 10.0. The quantitative estimate of drug-likeness (QED) is 0.893. The average molecular weight is 273 g/mol. The van der Waals surface area contributed by atoms with Crippen LogP contribution >= 0.6 is 11.6 Å². The van der Waals surface area contributed by atoms with E-state index in [9.17, 15) is 0 Å². The van der Waals surface area contributed by atoms with E-state index >= 15 is 0 Å². The fourth-order valence-electron chi connectivity index (χ4n) is 2.63. The molecule has 2 aromatic rings. The summed E-state index contributed by atoms with van der Waals surface area (Å²) >= 11 is 6.29. The van der Waals surface area contributed by atoms with Crippen molar-refractivity contribution in [3.05, 3.63) is 58.6 Å². The fraction of sp³-hybridized carbons (Fsp3) is 0.250. The van der Waals surface area contributed by atoms with Crippen LogP contribution in [0.1, 0.15) is 24.1 Å². The van der Waals surface area contributed by atoms with Gasteiger partial charge in [0.05, 0.1) is 10.7 Å². The number of nitrogens with two attached hydrogens (primary N) is 1. The molecule has 2 aromatic carbocycles. The maximum absolute atomic E-state index is 6.29. The number of anilines is 2. The molecule has 0 aromatic heterocycles. The van der Waals surface area contributed by atoms with Gasteiger partial charge >= 0.3 is 0 Å². The zero-order chi connectivity index (χ0) is 13.4. The van der Waals surface area contributed by atoms with E-state index in [1.165, 1.54) is 16.8 Å². The zero-order valence-electron chi connectivity index (χ0n) is 10.9. The van der Waals surface area contributed by atoms with Gasteiger partial charge in [-0.25, -0.2) is 0 Å². The molecular formula is C16H17ClN2. The summed E-state index contributed by atoms with van der Waals surface area (Å²) < 4.78 is 0. The summed E-state index contributed by atoms with van der Waals surface area (Å²) in [5, 5.41) is 0.798. The third kappa shape index (κ3) is 2.22. The van der Waals surface area contributed by atoms with E-state index in [-0.39, 0.29) is 6.04 Å². The lowest BCUT2D eigenvalue weighted by Crippen LogP contribution is -2.13. The van der Waals surface area contributed by atoms with Crippen LogP contribution in [0.15, 0.2) is 42.5 Å². The molecule has 19 heavy (non-hydrogen) atoms. The van der Waals surface area contributed by atoms with Crippen LogP contribution in [0.4, 0.5) is 11.4 Å². The molecule has 1 heterocycles. The first-order valence-electron chi connectivity index (χ1n) is 6.57. The van der Waals surface area contributed by atoms with Crippen LogP contribution in [0.5, 0.6) is 0 Å². The average Bonchev–Trinajstić information content (AvgIpc) is 2.82. The molecule has 0 saturated heterocycles. The van der Waals surface area contributed by atoms with Crippen molar-refractivity contribution < 1.29 is 0 Å². The van der Waals surface area contributed by atoms with Crippen molar-refractivity contribution in [2.75, 3.05) is 11.4 Å². The predicted molar refractivity (Wildman–Crippen MR) is 81.2 cm³/mol. The third-order valence-electron chi connectivity index (χ3n) is 3.67. The Balaban J connectivity index is 2.01. The Morgan fingerprint density at radius 1 is 1.16 bits per heavy atom. The second kappa shape index (κ2) is 4.87. The first kappa shape index (κ1) is 12.5. The fourth-order valence-corrected chi connectivity index (χ4v) is 2.86. The number of halogens is 1. The summed E-state index contributed by atoms with van der Waals surface area (Å²) in [7, 11) is 0. The summed E-state index contributed by atoms with van der Waals surface area (Å²) in [6.45, 7) is 2.99. The van der Waals surface area contributed by atoms with Crippen molar-refractivity contribution in [2.45, 2.75) is 19.4 Å². The Kier molecular flexibility index (Phi) is 3.21. The Hall–Kier alpha value is -1.51. The first-order valence-corrected chi connectivity index (χ1v) is 6.95. The molecule has 1 aliphatic rings. The SMILES string of the molecule is C[C@@H](N)c1ccc2c(c1)CCN2c1ccccc1Cl. The normalized spacial score (nSPS) is 15.4. The number of hydrogen-bond donors (Lipinski definition) is 1. The number of benzene rings is 2. The van der Waals surface area contributed by atoms with Crippen molar-refractivity contribution in [3.63, 3.8) is 0 Å². The van der Waals surface area contributed by atoms with E-state index in [4.69, 9.17) is 17.3 Å². The molecule has 3 heteroatoms. The van der Waals surface area contributed by atoms with Crippen LogP contribution in [0.2, 0.25) is 5.02 Å². The lowest BCUT2D eigenvalue weighted by molar-refractivity contribution is 0.816. The van der Waals surface area contributed by atoms with Crippen LogP contribution < -0.4 is 10.6 Å². The lowest BCUT2D eigenvalue weighted by Gasteiger charge is -2.21. The van der Waals surface area contributed by atoms with E-state index in [0.717, 1.165) is 23.7 Å². The molecule has 1 atom stereocenters. The number of rotatable bonds is 2. The van der Waals surface area contributed by atoms with Gasteiger partial charge in [0.1, 0.15) is 0 Å². The minimum Gasteiger partial charge on any atom is -0.340 e. The molecule has 2 N–H and O–H groups in total. The van der Waals surface area contributed by atoms with Crippen LogP contribution in [0, 0.1) is 0 Å². The van der Waals surface area contributed by atoms with Gasteiger partial charge in [-0.2, -0.15) is 0 Å². The predicted octanol–water partition coefficient (Wildman–Crippen LogP) is 4.05. The van der Waals surface area contributed by atoms with E-state index in [1.807, 2.05) is 25.1 Å². The summed E-state index contributed by atoms with van der Waals surface area (Å²) in [5.74, 6) is 0. The second-order valence-electron chi connectivity index (χ2n) is 5.03. The molecule has 98 valence electrons. The number of nitrogens with zero attached hydrogens (tertiary/aromatic N) is 1. The van der Waals surface area contributed by atoms with Crippen LogP contribution in [0.25, 0.3) is 0 Å². The molecule has 1 aliphatic heterocycles. The summed E-state index contributed by atoms with van der Waals surface area (Å²) in [6.07, 6.45) is 1.04. The second-order valence-corrected chi connectivity index (χ2v) is 5.44.